The zero-order valence-electron chi connectivity index (χ0n) is 33.1. The van der Waals surface area contributed by atoms with Crippen LogP contribution in [0.3, 0.4) is 0 Å². The van der Waals surface area contributed by atoms with Crippen LogP contribution in [0.1, 0.15) is 34.3 Å². The van der Waals surface area contributed by atoms with Gasteiger partial charge in [0.05, 0.1) is 0 Å². The summed E-state index contributed by atoms with van der Waals surface area (Å²) in [5.74, 6) is 0. The predicted molar refractivity (Wildman–Crippen MR) is 245 cm³/mol. The van der Waals surface area contributed by atoms with Crippen LogP contribution in [-0.4, -0.2) is 38.0 Å². The summed E-state index contributed by atoms with van der Waals surface area (Å²) in [6, 6.07) is 79.5. The minimum Gasteiger partial charge on any atom is -0.309 e. The molecule has 286 valence electrons. The zero-order chi connectivity index (χ0) is 38.7. The van der Waals surface area contributed by atoms with E-state index in [1.165, 1.54) is 54.1 Å². The van der Waals surface area contributed by atoms with Gasteiger partial charge in [-0.05, 0) is 76.4 Å². The molecular weight excluding hydrogens is 770 g/mol. The van der Waals surface area contributed by atoms with Crippen LogP contribution in [0.5, 0.6) is 0 Å². The fraction of sp³-hybridized carbons (Fsp3) is 0.115. The zero-order valence-corrected chi connectivity index (χ0v) is 36.0. The Hall–Kier alpha value is -4.68. The van der Waals surface area contributed by atoms with Crippen molar-refractivity contribution in [2.75, 3.05) is 28.2 Å². The maximum Gasteiger partial charge on any atom is 2.00 e. The topological polar surface area (TPSA) is 6.48 Å². The van der Waals surface area contributed by atoms with Crippen LogP contribution < -0.4 is 31.8 Å². The fourth-order valence-corrected chi connectivity index (χ4v) is 12.6. The molecule has 0 saturated carbocycles. The van der Waals surface area contributed by atoms with Crippen molar-refractivity contribution in [1.82, 2.24) is 9.80 Å². The van der Waals surface area contributed by atoms with E-state index in [4.69, 9.17) is 0 Å². The molecule has 0 amide bonds. The minimum atomic E-state index is -0.604. The maximum atomic E-state index is 2.32. The molecule has 2 unspecified atom stereocenters. The van der Waals surface area contributed by atoms with Gasteiger partial charge in [0.15, 0.2) is 0 Å². The number of rotatable bonds is 12. The molecule has 0 aliphatic carbocycles. The van der Waals surface area contributed by atoms with Gasteiger partial charge in [-0.1, -0.05) is 182 Å². The normalized spacial score (nSPS) is 12.2. The van der Waals surface area contributed by atoms with E-state index in [0.717, 1.165) is 0 Å². The van der Waals surface area contributed by atoms with Gasteiger partial charge in [0, 0.05) is 12.1 Å². The van der Waals surface area contributed by atoms with E-state index in [1.54, 1.807) is 0 Å². The van der Waals surface area contributed by atoms with Gasteiger partial charge in [-0.3, -0.25) is 0 Å². The van der Waals surface area contributed by atoms with Crippen LogP contribution in [0.4, 0.5) is 0 Å². The van der Waals surface area contributed by atoms with Gasteiger partial charge in [-0.15, -0.1) is 21.7 Å². The van der Waals surface area contributed by atoms with E-state index in [-0.39, 0.29) is 29.2 Å². The van der Waals surface area contributed by atoms with E-state index in [2.05, 4.69) is 256 Å². The molecule has 2 nitrogen and oxygen atoms in total. The van der Waals surface area contributed by atoms with Gasteiger partial charge < -0.3 is 9.80 Å². The quantitative estimate of drug-likeness (QED) is 0.0689. The summed E-state index contributed by atoms with van der Waals surface area (Å²) in [4.78, 5) is 4.63. The second-order valence-electron chi connectivity index (χ2n) is 14.3. The fourth-order valence-electron chi connectivity index (χ4n) is 7.66. The second kappa shape index (κ2) is 20.7. The van der Waals surface area contributed by atoms with E-state index >= 15 is 0 Å². The van der Waals surface area contributed by atoms with Crippen molar-refractivity contribution >= 4 is 47.7 Å². The van der Waals surface area contributed by atoms with Gasteiger partial charge in [0.2, 0.25) is 0 Å². The molecule has 0 radical (unpaired) electrons. The van der Waals surface area contributed by atoms with E-state index in [0.29, 0.717) is 0 Å². The first kappa shape index (κ1) is 41.9. The molecule has 0 N–H and O–H groups in total. The van der Waals surface area contributed by atoms with Crippen molar-refractivity contribution < 1.29 is 17.1 Å². The van der Waals surface area contributed by atoms with Crippen LogP contribution in [0.2, 0.25) is 0 Å². The molecule has 0 spiro atoms. The summed E-state index contributed by atoms with van der Waals surface area (Å²) < 4.78 is 0. The standard InChI is InChI=1S/2C26H25NP.Fe/c2*1-27(2)26(21-13-6-3-7-14-21)24-19-12-20-25(24)28(22-15-8-4-9-16-22)23-17-10-5-11-18-23;/h2*3-20,26H,1-2H3;/q2*-1;+2. The summed E-state index contributed by atoms with van der Waals surface area (Å²) in [6.45, 7) is 0. The molecular formula is C52H50FeN2P2. The van der Waals surface area contributed by atoms with Gasteiger partial charge in [-0.25, -0.2) is 24.3 Å². The van der Waals surface area contributed by atoms with Gasteiger partial charge >= 0.3 is 17.1 Å². The smallest absolute Gasteiger partial charge is 0.309 e. The first-order valence-corrected chi connectivity index (χ1v) is 21.9. The average molecular weight is 821 g/mol. The summed E-state index contributed by atoms with van der Waals surface area (Å²) in [5.41, 5.74) is 5.46. The van der Waals surface area contributed by atoms with Crippen LogP contribution in [-0.2, 0) is 17.1 Å². The van der Waals surface area contributed by atoms with Crippen LogP contribution in [0.25, 0.3) is 0 Å². The molecule has 8 aromatic rings. The first-order chi connectivity index (χ1) is 27.5. The van der Waals surface area contributed by atoms with E-state index in [9.17, 15) is 0 Å². The van der Waals surface area contributed by atoms with Crippen LogP contribution in [0, 0.1) is 0 Å². The van der Waals surface area contributed by atoms with E-state index < -0.39 is 15.8 Å². The molecule has 8 aromatic carbocycles. The van der Waals surface area contributed by atoms with Gasteiger partial charge in [0.25, 0.3) is 0 Å². The Bertz CT molecular complexity index is 2080. The maximum absolute atomic E-state index is 2.32. The third kappa shape index (κ3) is 10.1. The molecule has 8 rings (SSSR count). The van der Waals surface area contributed by atoms with Crippen molar-refractivity contribution in [2.45, 2.75) is 12.1 Å². The molecule has 57 heavy (non-hydrogen) atoms. The van der Waals surface area contributed by atoms with Gasteiger partial charge in [0.1, 0.15) is 0 Å². The predicted octanol–water partition coefficient (Wildman–Crippen LogP) is 9.63. The number of hydrogen-bond acceptors (Lipinski definition) is 2. The Morgan fingerprint density at radius 1 is 0.333 bits per heavy atom. The van der Waals surface area contributed by atoms with E-state index in [1.807, 2.05) is 0 Å². The Morgan fingerprint density at radius 2 is 0.579 bits per heavy atom. The van der Waals surface area contributed by atoms with Crippen molar-refractivity contribution in [3.05, 3.63) is 241 Å². The average Bonchev–Trinajstić information content (AvgIpc) is 3.91. The molecule has 0 heterocycles. The molecule has 0 aromatic heterocycles. The van der Waals surface area contributed by atoms with Crippen molar-refractivity contribution in [2.24, 2.45) is 0 Å². The molecule has 5 heteroatoms. The van der Waals surface area contributed by atoms with Crippen molar-refractivity contribution in [1.29, 1.82) is 0 Å². The number of nitrogens with zero attached hydrogens (tertiary/aromatic N) is 2. The number of hydrogen-bond donors (Lipinski definition) is 0. The molecule has 0 fully saturated rings. The Kier molecular flexibility index (Phi) is 15.2. The molecule has 0 aliphatic rings. The van der Waals surface area contributed by atoms with Crippen LogP contribution in [0.15, 0.2) is 218 Å². The first-order valence-electron chi connectivity index (χ1n) is 19.3. The summed E-state index contributed by atoms with van der Waals surface area (Å²) in [7, 11) is 7.47. The van der Waals surface area contributed by atoms with Crippen LogP contribution >= 0.6 is 15.8 Å². The molecule has 0 aliphatic heterocycles. The largest absolute Gasteiger partial charge is 2.00 e. The summed E-state index contributed by atoms with van der Waals surface area (Å²) in [6.07, 6.45) is 0. The van der Waals surface area contributed by atoms with Crippen molar-refractivity contribution in [3.8, 4) is 0 Å². The molecule has 2 atom stereocenters. The summed E-state index contributed by atoms with van der Waals surface area (Å²) in [5, 5.41) is 8.44. The van der Waals surface area contributed by atoms with Gasteiger partial charge in [-0.2, -0.15) is 12.1 Å². The summed E-state index contributed by atoms with van der Waals surface area (Å²) >= 11 is 0. The third-order valence-electron chi connectivity index (χ3n) is 10.0. The van der Waals surface area contributed by atoms with Crippen molar-refractivity contribution in [3.63, 3.8) is 0 Å². The molecule has 0 bridgehead atoms. The Balaban J connectivity index is 0.000000189. The monoisotopic (exact) mass is 820 g/mol. The molecule has 0 saturated heterocycles. The Labute approximate surface area is 353 Å². The SMILES string of the molecule is CN(C)C(c1ccccc1)[c-]1cccc1P(c1ccccc1)c1ccccc1.CN(C)C(c1ccccc1)[c-]1cccc1P(c1ccccc1)c1ccccc1.[Fe+2]. The minimum absolute atomic E-state index is 0. The third-order valence-corrected chi connectivity index (χ3v) is 15.1. The Morgan fingerprint density at radius 3 is 0.825 bits per heavy atom. The second-order valence-corrected chi connectivity index (χ2v) is 18.7. The number of benzene rings is 6.